The zero-order chi connectivity index (χ0) is 48.3. The Kier molecular flexibility index (Phi) is 15.6. The van der Waals surface area contributed by atoms with E-state index in [4.69, 9.17) is 24.2 Å². The summed E-state index contributed by atoms with van der Waals surface area (Å²) in [5.74, 6) is -1.53. The van der Waals surface area contributed by atoms with Crippen LogP contribution in [0.5, 0.6) is 11.5 Å². The summed E-state index contributed by atoms with van der Waals surface area (Å²) in [6.45, 7) is 8.58. The number of hydrogen-bond acceptors (Lipinski definition) is 11. The maximum atomic E-state index is 15.6. The number of unbranched alkanes of at least 4 members (excludes halogenated alkanes) is 2. The van der Waals surface area contributed by atoms with E-state index in [1.54, 1.807) is 48.6 Å². The molecule has 2 aliphatic carbocycles. The van der Waals surface area contributed by atoms with Gasteiger partial charge in [0.25, 0.3) is 11.6 Å². The van der Waals surface area contributed by atoms with E-state index < -0.39 is 22.7 Å². The molecule has 69 heavy (non-hydrogen) atoms. The standard InChI is InChI=1S/C56H58N4O9/c1-3-30-66-45-26-27-51-49(33-45)53-47(17-8-10-29-62)42(13-7-9-28-61)32-48-50(58-68-37-39-20-24-44(25-21-39)60(64)65)34-52(56(69-51,54(48)53)67-31-4-2)59(55(63)41-22-18-38(35-57)19-23-41)36-43-15-11-14-40-12-5-6-16-46(40)43/h3-6,11-12,14-16,18-27,32-33,42,47,52-54,61-62H,1-2,7-10,13,17,28-31,34,36-37H2/t42-,47+,52-,53+,54+,56+/m0/s1. The highest BCUT2D eigenvalue weighted by Gasteiger charge is 2.65. The number of amides is 1. The molecule has 0 saturated heterocycles. The number of carbonyl (C=O) groups is 1. The molecule has 0 radical (unpaired) electrons. The van der Waals surface area contributed by atoms with Crippen LogP contribution < -0.4 is 9.47 Å². The number of nitro benzene ring substituents is 1. The molecule has 0 unspecified atom stereocenters. The molecule has 1 saturated carbocycles. The normalized spacial score (nSPS) is 21.7. The van der Waals surface area contributed by atoms with E-state index in [2.05, 4.69) is 25.3 Å². The number of allylic oxidation sites excluding steroid dienone is 1. The summed E-state index contributed by atoms with van der Waals surface area (Å²) in [5.41, 5.74) is 4.69. The van der Waals surface area contributed by atoms with Crippen LogP contribution in [0, 0.1) is 39.2 Å². The van der Waals surface area contributed by atoms with Crippen molar-refractivity contribution in [2.45, 2.75) is 75.8 Å². The Morgan fingerprint density at radius 3 is 2.39 bits per heavy atom. The number of nitriles is 1. The lowest BCUT2D eigenvalue weighted by molar-refractivity contribution is -0.384. The van der Waals surface area contributed by atoms with Crippen molar-refractivity contribution >= 4 is 28.1 Å². The zero-order valence-corrected chi connectivity index (χ0v) is 38.7. The number of nitro groups is 1. The van der Waals surface area contributed by atoms with Crippen LogP contribution in [0.15, 0.2) is 151 Å². The van der Waals surface area contributed by atoms with Gasteiger partial charge in [-0.25, -0.2) is 0 Å². The molecule has 8 rings (SSSR count). The molecule has 3 aliphatic rings. The highest BCUT2D eigenvalue weighted by Crippen LogP contribution is 2.62. The van der Waals surface area contributed by atoms with E-state index in [0.717, 1.165) is 53.2 Å². The summed E-state index contributed by atoms with van der Waals surface area (Å²) in [7, 11) is 0. The number of non-ortho nitro benzene ring substituents is 1. The minimum absolute atomic E-state index is 0.00390. The zero-order valence-electron chi connectivity index (χ0n) is 38.7. The summed E-state index contributed by atoms with van der Waals surface area (Å²) < 4.78 is 20.9. The highest BCUT2D eigenvalue weighted by atomic mass is 16.7. The second-order valence-electron chi connectivity index (χ2n) is 17.8. The number of oxime groups is 1. The van der Waals surface area contributed by atoms with Crippen molar-refractivity contribution in [1.29, 1.82) is 5.26 Å². The molecule has 2 N–H and O–H groups in total. The maximum Gasteiger partial charge on any atom is 0.269 e. The lowest BCUT2D eigenvalue weighted by atomic mass is 9.55. The van der Waals surface area contributed by atoms with Gasteiger partial charge in [0.15, 0.2) is 0 Å². The molecule has 0 spiro atoms. The summed E-state index contributed by atoms with van der Waals surface area (Å²) >= 11 is 0. The van der Waals surface area contributed by atoms with Crippen LogP contribution in [0.2, 0.25) is 0 Å². The third-order valence-electron chi connectivity index (χ3n) is 13.7. The number of nitrogens with zero attached hydrogens (tertiary/aromatic N) is 4. The number of fused-ring (bicyclic) bond motifs is 3. The maximum absolute atomic E-state index is 15.6. The number of benzene rings is 5. The number of ether oxygens (including phenoxy) is 3. The molecule has 356 valence electrons. The Bertz CT molecular complexity index is 2740. The van der Waals surface area contributed by atoms with Gasteiger partial charge in [0.2, 0.25) is 5.79 Å². The number of hydrogen-bond donors (Lipinski definition) is 2. The molecule has 1 heterocycles. The lowest BCUT2D eigenvalue weighted by Gasteiger charge is -2.60. The van der Waals surface area contributed by atoms with Crippen LogP contribution in [-0.2, 0) is 22.7 Å². The van der Waals surface area contributed by atoms with Crippen LogP contribution in [0.1, 0.15) is 83.5 Å². The number of aliphatic hydroxyl groups excluding tert-OH is 2. The van der Waals surface area contributed by atoms with Crippen molar-refractivity contribution in [3.05, 3.63) is 184 Å². The number of rotatable bonds is 22. The van der Waals surface area contributed by atoms with Gasteiger partial charge in [-0.05, 0) is 120 Å². The predicted molar refractivity (Wildman–Crippen MR) is 264 cm³/mol. The van der Waals surface area contributed by atoms with Gasteiger partial charge < -0.3 is 34.2 Å². The highest BCUT2D eigenvalue weighted by molar-refractivity contribution is 6.03. The van der Waals surface area contributed by atoms with Gasteiger partial charge in [0, 0.05) is 55.4 Å². The first kappa shape index (κ1) is 48.4. The summed E-state index contributed by atoms with van der Waals surface area (Å²) in [6, 6.07) is 34.0. The van der Waals surface area contributed by atoms with E-state index in [0.29, 0.717) is 53.3 Å². The molecular weight excluding hydrogens is 873 g/mol. The second kappa shape index (κ2) is 22.3. The van der Waals surface area contributed by atoms with Gasteiger partial charge in [0.05, 0.1) is 34.8 Å². The first-order valence-electron chi connectivity index (χ1n) is 23.7. The monoisotopic (exact) mass is 930 g/mol. The molecule has 6 atom stereocenters. The van der Waals surface area contributed by atoms with Gasteiger partial charge in [-0.2, -0.15) is 5.26 Å². The molecule has 0 bridgehead atoms. The van der Waals surface area contributed by atoms with E-state index in [1.165, 1.54) is 12.1 Å². The summed E-state index contributed by atoms with van der Waals surface area (Å²) in [4.78, 5) is 34.7. The van der Waals surface area contributed by atoms with Gasteiger partial charge >= 0.3 is 0 Å². The van der Waals surface area contributed by atoms with Gasteiger partial charge in [-0.15, -0.1) is 6.58 Å². The van der Waals surface area contributed by atoms with Crippen molar-refractivity contribution in [3.8, 4) is 17.6 Å². The Labute approximate surface area is 402 Å². The Balaban J connectivity index is 1.37. The topological polar surface area (TPSA) is 177 Å². The Hall–Kier alpha value is -7.11. The third kappa shape index (κ3) is 10.3. The van der Waals surface area contributed by atoms with Crippen molar-refractivity contribution < 1.29 is 39.0 Å². The Morgan fingerprint density at radius 1 is 0.928 bits per heavy atom. The van der Waals surface area contributed by atoms with Crippen molar-refractivity contribution in [1.82, 2.24) is 4.90 Å². The van der Waals surface area contributed by atoms with Crippen molar-refractivity contribution in [2.24, 2.45) is 22.9 Å². The van der Waals surface area contributed by atoms with Gasteiger partial charge in [-0.3, -0.25) is 14.9 Å². The van der Waals surface area contributed by atoms with Gasteiger partial charge in [0.1, 0.15) is 30.8 Å². The number of aliphatic hydroxyl groups is 2. The Morgan fingerprint density at radius 2 is 1.67 bits per heavy atom. The van der Waals surface area contributed by atoms with Crippen LogP contribution in [0.4, 0.5) is 5.69 Å². The fourth-order valence-corrected chi connectivity index (χ4v) is 10.6. The molecule has 5 aromatic carbocycles. The van der Waals surface area contributed by atoms with Crippen LogP contribution in [0.3, 0.4) is 0 Å². The fraction of sp³-hybridized carbons (Fsp3) is 0.339. The van der Waals surface area contributed by atoms with Crippen LogP contribution in [0.25, 0.3) is 10.8 Å². The largest absolute Gasteiger partial charge is 0.490 e. The molecular formula is C56H58N4O9. The SMILES string of the molecule is C=CCOc1ccc2c(c1)[C@H]1[C@H](CCCCO)[C@@H](CCCCO)C=C3C(=NOCc4ccc([N+](=O)[O-])cc4)C[C@H](N(Cc4cccc5ccccc45)C(=O)c4ccc(C#N)cc4)[C@@](OCC=C)(O2)[C@H]31. The average Bonchev–Trinajstić information content (AvgIpc) is 3.38. The molecule has 1 amide bonds. The summed E-state index contributed by atoms with van der Waals surface area (Å²) in [5, 5.41) is 48.2. The van der Waals surface area contributed by atoms with Crippen molar-refractivity contribution in [2.75, 3.05) is 26.4 Å². The minimum atomic E-state index is -1.54. The molecule has 5 aromatic rings. The first-order valence-corrected chi connectivity index (χ1v) is 23.7. The molecule has 13 nitrogen and oxygen atoms in total. The third-order valence-corrected chi connectivity index (χ3v) is 13.7. The first-order chi connectivity index (χ1) is 33.7. The molecule has 13 heteroatoms. The van der Waals surface area contributed by atoms with E-state index in [1.807, 2.05) is 65.6 Å². The van der Waals surface area contributed by atoms with E-state index in [9.17, 15) is 25.6 Å². The molecule has 1 fully saturated rings. The van der Waals surface area contributed by atoms with Crippen LogP contribution >= 0.6 is 0 Å². The predicted octanol–water partition coefficient (Wildman–Crippen LogP) is 10.4. The number of carbonyl (C=O) groups excluding carboxylic acids is 1. The van der Waals surface area contributed by atoms with Gasteiger partial charge in [-0.1, -0.05) is 85.3 Å². The quantitative estimate of drug-likeness (QED) is 0.0294. The second-order valence-corrected chi connectivity index (χ2v) is 17.8. The van der Waals surface area contributed by atoms with Crippen molar-refractivity contribution in [3.63, 3.8) is 0 Å². The molecule has 0 aromatic heterocycles. The molecule has 1 aliphatic heterocycles. The average molecular weight is 931 g/mol. The minimum Gasteiger partial charge on any atom is -0.490 e. The van der Waals surface area contributed by atoms with Crippen LogP contribution in [-0.4, -0.2) is 69.9 Å². The lowest BCUT2D eigenvalue weighted by Crippen LogP contribution is -2.70. The summed E-state index contributed by atoms with van der Waals surface area (Å²) in [6.07, 6.45) is 10.1. The van der Waals surface area contributed by atoms with E-state index >= 15 is 4.79 Å². The van der Waals surface area contributed by atoms with E-state index in [-0.39, 0.29) is 68.7 Å². The fourth-order valence-electron chi connectivity index (χ4n) is 10.6. The smallest absolute Gasteiger partial charge is 0.269 e.